The molecule has 0 radical (unpaired) electrons. The Hall–Kier alpha value is -0.0800. The fourth-order valence-electron chi connectivity index (χ4n) is 3.58. The van der Waals surface area contributed by atoms with Gasteiger partial charge in [0.25, 0.3) is 0 Å². The molecule has 1 saturated heterocycles. The van der Waals surface area contributed by atoms with Crippen LogP contribution in [0.4, 0.5) is 0 Å². The fourth-order valence-corrected chi connectivity index (χ4v) is 3.58. The minimum atomic E-state index is 0.500. The molecule has 2 aliphatic rings. The number of hydrogen-bond donors (Lipinski definition) is 1. The van der Waals surface area contributed by atoms with Crippen molar-refractivity contribution in [2.24, 2.45) is 10.8 Å². The fraction of sp³-hybridized carbons (Fsp3) is 1.00. The van der Waals surface area contributed by atoms with Crippen molar-refractivity contribution in [2.75, 3.05) is 26.7 Å². The first-order valence-corrected chi connectivity index (χ1v) is 7.83. The summed E-state index contributed by atoms with van der Waals surface area (Å²) in [4.78, 5) is 2.46. The van der Waals surface area contributed by atoms with Gasteiger partial charge in [-0.1, -0.05) is 33.6 Å². The number of piperidine rings is 1. The van der Waals surface area contributed by atoms with E-state index < -0.39 is 0 Å². The predicted octanol–water partition coefficient (Wildman–Crippen LogP) is 3.28. The number of nitrogens with zero attached hydrogens (tertiary/aromatic N) is 1. The molecule has 1 aliphatic carbocycles. The third-order valence-corrected chi connectivity index (χ3v) is 5.48. The number of nitrogens with one attached hydrogen (secondary N) is 1. The number of rotatable bonds is 3. The van der Waals surface area contributed by atoms with Crippen LogP contribution in [-0.4, -0.2) is 37.6 Å². The second-order valence-corrected chi connectivity index (χ2v) is 7.78. The Balaban J connectivity index is 1.83. The van der Waals surface area contributed by atoms with Crippen LogP contribution in [0.25, 0.3) is 0 Å². The van der Waals surface area contributed by atoms with Crippen molar-refractivity contribution in [1.29, 1.82) is 0 Å². The van der Waals surface area contributed by atoms with E-state index in [1.54, 1.807) is 0 Å². The molecule has 1 saturated carbocycles. The lowest BCUT2D eigenvalue weighted by Gasteiger charge is -2.43. The van der Waals surface area contributed by atoms with Gasteiger partial charge in [-0.15, -0.1) is 0 Å². The Morgan fingerprint density at radius 3 is 2.33 bits per heavy atom. The first kappa shape index (κ1) is 14.3. The maximum Gasteiger partial charge on any atom is 0.0118 e. The van der Waals surface area contributed by atoms with Gasteiger partial charge in [0, 0.05) is 12.6 Å². The van der Waals surface area contributed by atoms with E-state index in [1.807, 2.05) is 0 Å². The highest BCUT2D eigenvalue weighted by Crippen LogP contribution is 2.37. The second kappa shape index (κ2) is 5.50. The van der Waals surface area contributed by atoms with Crippen molar-refractivity contribution in [2.45, 2.75) is 65.3 Å². The summed E-state index contributed by atoms with van der Waals surface area (Å²) < 4.78 is 0. The largest absolute Gasteiger partial charge is 0.313 e. The molecule has 0 aromatic carbocycles. The molecule has 2 fully saturated rings. The van der Waals surface area contributed by atoms with E-state index in [0.717, 1.165) is 6.04 Å². The Morgan fingerprint density at radius 1 is 1.06 bits per heavy atom. The van der Waals surface area contributed by atoms with Crippen LogP contribution in [-0.2, 0) is 0 Å². The molecule has 2 heteroatoms. The van der Waals surface area contributed by atoms with Gasteiger partial charge in [0.05, 0.1) is 0 Å². The van der Waals surface area contributed by atoms with Gasteiger partial charge >= 0.3 is 0 Å². The molecule has 106 valence electrons. The third kappa shape index (κ3) is 3.48. The first-order chi connectivity index (χ1) is 8.41. The highest BCUT2D eigenvalue weighted by Gasteiger charge is 2.34. The molecule has 1 N–H and O–H groups in total. The summed E-state index contributed by atoms with van der Waals surface area (Å²) in [6, 6.07) is 0.739. The molecule has 1 aliphatic heterocycles. The molecule has 1 atom stereocenters. The molecule has 1 heterocycles. The second-order valence-electron chi connectivity index (χ2n) is 7.78. The van der Waals surface area contributed by atoms with Crippen molar-refractivity contribution in [3.63, 3.8) is 0 Å². The van der Waals surface area contributed by atoms with E-state index in [2.05, 4.69) is 38.0 Å². The van der Waals surface area contributed by atoms with Gasteiger partial charge in [-0.25, -0.2) is 0 Å². The van der Waals surface area contributed by atoms with Crippen LogP contribution in [0.5, 0.6) is 0 Å². The van der Waals surface area contributed by atoms with E-state index in [1.165, 1.54) is 58.2 Å². The summed E-state index contributed by atoms with van der Waals surface area (Å²) in [6.45, 7) is 11.1. The quantitative estimate of drug-likeness (QED) is 0.829. The van der Waals surface area contributed by atoms with E-state index >= 15 is 0 Å². The Bertz CT molecular complexity index is 264. The van der Waals surface area contributed by atoms with Gasteiger partial charge in [-0.05, 0) is 56.7 Å². The Labute approximate surface area is 114 Å². The lowest BCUT2D eigenvalue weighted by Crippen LogP contribution is -2.49. The molecule has 0 aromatic heterocycles. The Kier molecular flexibility index (Phi) is 4.38. The molecule has 0 bridgehead atoms. The monoisotopic (exact) mass is 252 g/mol. The van der Waals surface area contributed by atoms with Crippen LogP contribution in [0.15, 0.2) is 0 Å². The van der Waals surface area contributed by atoms with E-state index in [9.17, 15) is 0 Å². The zero-order valence-corrected chi connectivity index (χ0v) is 12.9. The van der Waals surface area contributed by atoms with Crippen LogP contribution in [0.1, 0.15) is 59.3 Å². The minimum Gasteiger partial charge on any atom is -0.313 e. The Morgan fingerprint density at radius 2 is 1.72 bits per heavy atom. The van der Waals surface area contributed by atoms with Gasteiger partial charge in [0.15, 0.2) is 0 Å². The normalized spacial score (nSPS) is 32.3. The van der Waals surface area contributed by atoms with Crippen LogP contribution >= 0.6 is 0 Å². The van der Waals surface area contributed by atoms with Gasteiger partial charge in [-0.2, -0.15) is 0 Å². The maximum atomic E-state index is 3.92. The average Bonchev–Trinajstić information content (AvgIpc) is 2.32. The third-order valence-electron chi connectivity index (χ3n) is 5.48. The zero-order valence-electron chi connectivity index (χ0n) is 12.9. The highest BCUT2D eigenvalue weighted by atomic mass is 15.1. The minimum absolute atomic E-state index is 0.500. The van der Waals surface area contributed by atoms with Gasteiger partial charge < -0.3 is 10.2 Å². The van der Waals surface area contributed by atoms with Crippen LogP contribution in [0.3, 0.4) is 0 Å². The molecular formula is C16H32N2. The smallest absolute Gasteiger partial charge is 0.0118 e. The number of likely N-dealkylation sites (tertiary alicyclic amines) is 1. The van der Waals surface area contributed by atoms with Crippen LogP contribution < -0.4 is 5.32 Å². The van der Waals surface area contributed by atoms with E-state index in [0.29, 0.717) is 10.8 Å². The summed E-state index contributed by atoms with van der Waals surface area (Å²) >= 11 is 0. The van der Waals surface area contributed by atoms with Crippen molar-refractivity contribution in [3.05, 3.63) is 0 Å². The topological polar surface area (TPSA) is 15.3 Å². The summed E-state index contributed by atoms with van der Waals surface area (Å²) in [6.07, 6.45) is 8.31. The molecule has 1 unspecified atom stereocenters. The molecule has 18 heavy (non-hydrogen) atoms. The van der Waals surface area contributed by atoms with E-state index in [4.69, 9.17) is 0 Å². The van der Waals surface area contributed by atoms with E-state index in [-0.39, 0.29) is 0 Å². The summed E-state index contributed by atoms with van der Waals surface area (Å²) in [5, 5.41) is 3.92. The molecule has 0 amide bonds. The van der Waals surface area contributed by atoms with Crippen molar-refractivity contribution in [3.8, 4) is 0 Å². The molecule has 2 rings (SSSR count). The molecule has 2 nitrogen and oxygen atoms in total. The lowest BCUT2D eigenvalue weighted by atomic mass is 9.72. The zero-order chi connectivity index (χ0) is 13.2. The van der Waals surface area contributed by atoms with Gasteiger partial charge in [-0.3, -0.25) is 0 Å². The standard InChI is InChI=1S/C16H32N2/c1-15(2)8-6-5-7-14(15)17-13-16(3)9-11-18(4)12-10-16/h14,17H,5-13H2,1-4H3. The van der Waals surface area contributed by atoms with Crippen LogP contribution in [0.2, 0.25) is 0 Å². The van der Waals surface area contributed by atoms with Crippen molar-refractivity contribution >= 4 is 0 Å². The van der Waals surface area contributed by atoms with Crippen molar-refractivity contribution in [1.82, 2.24) is 10.2 Å². The van der Waals surface area contributed by atoms with Crippen molar-refractivity contribution < 1.29 is 0 Å². The van der Waals surface area contributed by atoms with Gasteiger partial charge in [0.1, 0.15) is 0 Å². The highest BCUT2D eigenvalue weighted by molar-refractivity contribution is 4.91. The summed E-state index contributed by atoms with van der Waals surface area (Å²) in [5.74, 6) is 0. The average molecular weight is 252 g/mol. The predicted molar refractivity (Wildman–Crippen MR) is 78.9 cm³/mol. The summed E-state index contributed by atoms with van der Waals surface area (Å²) in [7, 11) is 2.25. The van der Waals surface area contributed by atoms with Crippen LogP contribution in [0, 0.1) is 10.8 Å². The number of hydrogen-bond acceptors (Lipinski definition) is 2. The molecular weight excluding hydrogens is 220 g/mol. The lowest BCUT2D eigenvalue weighted by molar-refractivity contribution is 0.107. The first-order valence-electron chi connectivity index (χ1n) is 7.83. The summed E-state index contributed by atoms with van der Waals surface area (Å²) in [5.41, 5.74) is 1.03. The molecule has 0 spiro atoms. The molecule has 0 aromatic rings. The maximum absolute atomic E-state index is 3.92. The SMILES string of the molecule is CN1CCC(C)(CNC2CCCCC2(C)C)CC1. The van der Waals surface area contributed by atoms with Gasteiger partial charge in [0.2, 0.25) is 0 Å².